The van der Waals surface area contributed by atoms with Crippen molar-refractivity contribution in [2.75, 3.05) is 13.7 Å². The van der Waals surface area contributed by atoms with Crippen molar-refractivity contribution < 1.29 is 4.74 Å². The number of methoxy groups -OCH3 is 1. The molecule has 3 nitrogen and oxygen atoms in total. The lowest BCUT2D eigenvalue weighted by atomic mass is 9.96. The van der Waals surface area contributed by atoms with Gasteiger partial charge in [-0.15, -0.1) is 0 Å². The van der Waals surface area contributed by atoms with Crippen molar-refractivity contribution in [3.63, 3.8) is 0 Å². The molecule has 3 heteroatoms. The van der Waals surface area contributed by atoms with Crippen molar-refractivity contribution in [1.82, 2.24) is 5.01 Å². The topological polar surface area (TPSA) is 38.5 Å². The van der Waals surface area contributed by atoms with Crippen LogP contribution < -0.4 is 10.6 Å². The molecule has 0 spiro atoms. The van der Waals surface area contributed by atoms with Crippen molar-refractivity contribution in [2.45, 2.75) is 19.9 Å². The Balaban J connectivity index is 2.43. The molecule has 0 unspecified atom stereocenters. The maximum Gasteiger partial charge on any atom is 0.119 e. The van der Waals surface area contributed by atoms with Gasteiger partial charge in [-0.05, 0) is 42.2 Å². The Bertz CT molecular complexity index is 349. The second-order valence-electron chi connectivity index (χ2n) is 3.80. The van der Waals surface area contributed by atoms with E-state index in [1.54, 1.807) is 7.11 Å². The molecular weight excluding hydrogens is 176 g/mol. The lowest BCUT2D eigenvalue weighted by Crippen LogP contribution is -2.36. The first-order valence-electron chi connectivity index (χ1n) is 4.86. The molecule has 1 aliphatic heterocycles. The summed E-state index contributed by atoms with van der Waals surface area (Å²) in [5.74, 6) is 6.74. The standard InChI is InChI=1S/C11H16N2O/c1-8-5-10(14-2)6-9-3-4-13(12)7-11(8)9/h5-6H,3-4,7,12H2,1-2H3. The quantitative estimate of drug-likeness (QED) is 0.680. The van der Waals surface area contributed by atoms with Gasteiger partial charge in [-0.2, -0.15) is 0 Å². The number of hydrogen-bond acceptors (Lipinski definition) is 3. The van der Waals surface area contributed by atoms with Crippen LogP contribution in [0.3, 0.4) is 0 Å². The zero-order chi connectivity index (χ0) is 10.1. The maximum atomic E-state index is 5.79. The Labute approximate surface area is 84.4 Å². The monoisotopic (exact) mass is 192 g/mol. The van der Waals surface area contributed by atoms with E-state index in [9.17, 15) is 0 Å². The average molecular weight is 192 g/mol. The first-order valence-corrected chi connectivity index (χ1v) is 4.86. The predicted molar refractivity (Wildman–Crippen MR) is 56.0 cm³/mol. The summed E-state index contributed by atoms with van der Waals surface area (Å²) in [7, 11) is 1.71. The van der Waals surface area contributed by atoms with Gasteiger partial charge in [0.25, 0.3) is 0 Å². The molecule has 2 N–H and O–H groups in total. The largest absolute Gasteiger partial charge is 0.497 e. The van der Waals surface area contributed by atoms with Gasteiger partial charge < -0.3 is 4.74 Å². The SMILES string of the molecule is COc1cc(C)c2c(c1)CCN(N)C2. The maximum absolute atomic E-state index is 5.79. The van der Waals surface area contributed by atoms with Crippen LogP contribution in [0.4, 0.5) is 0 Å². The van der Waals surface area contributed by atoms with Gasteiger partial charge in [0.2, 0.25) is 0 Å². The molecule has 0 amide bonds. The fourth-order valence-electron chi connectivity index (χ4n) is 1.97. The third-order valence-corrected chi connectivity index (χ3v) is 2.80. The van der Waals surface area contributed by atoms with E-state index in [0.29, 0.717) is 0 Å². The number of ether oxygens (including phenoxy) is 1. The predicted octanol–water partition coefficient (Wildman–Crippen LogP) is 1.24. The van der Waals surface area contributed by atoms with E-state index in [4.69, 9.17) is 10.6 Å². The summed E-state index contributed by atoms with van der Waals surface area (Å²) in [5.41, 5.74) is 4.01. The summed E-state index contributed by atoms with van der Waals surface area (Å²) in [6, 6.07) is 4.19. The highest BCUT2D eigenvalue weighted by Gasteiger charge is 2.16. The second-order valence-corrected chi connectivity index (χ2v) is 3.80. The molecule has 1 aromatic rings. The van der Waals surface area contributed by atoms with E-state index in [-0.39, 0.29) is 0 Å². The number of nitrogens with two attached hydrogens (primary N) is 1. The summed E-state index contributed by atoms with van der Waals surface area (Å²) in [5, 5.41) is 1.86. The fourth-order valence-corrected chi connectivity index (χ4v) is 1.97. The number of benzene rings is 1. The van der Waals surface area contributed by atoms with E-state index in [2.05, 4.69) is 19.1 Å². The molecule has 0 fully saturated rings. The molecule has 0 saturated heterocycles. The molecule has 14 heavy (non-hydrogen) atoms. The van der Waals surface area contributed by atoms with Gasteiger partial charge in [0, 0.05) is 13.1 Å². The van der Waals surface area contributed by atoms with Crippen molar-refractivity contribution in [1.29, 1.82) is 0 Å². The number of rotatable bonds is 1. The highest BCUT2D eigenvalue weighted by atomic mass is 16.5. The van der Waals surface area contributed by atoms with E-state index in [1.165, 1.54) is 16.7 Å². The van der Waals surface area contributed by atoms with Crippen LogP contribution in [0.2, 0.25) is 0 Å². The molecule has 0 atom stereocenters. The molecule has 0 saturated carbocycles. The Kier molecular flexibility index (Phi) is 2.44. The van der Waals surface area contributed by atoms with Gasteiger partial charge in [0.15, 0.2) is 0 Å². The molecule has 0 bridgehead atoms. The minimum atomic E-state index is 0.852. The van der Waals surface area contributed by atoms with E-state index in [0.717, 1.165) is 25.3 Å². The molecule has 0 aromatic heterocycles. The van der Waals surface area contributed by atoms with Gasteiger partial charge in [-0.3, -0.25) is 5.84 Å². The molecule has 1 aromatic carbocycles. The fraction of sp³-hybridized carbons (Fsp3) is 0.455. The van der Waals surface area contributed by atoms with Gasteiger partial charge >= 0.3 is 0 Å². The molecule has 1 heterocycles. The number of hydrogen-bond donors (Lipinski definition) is 1. The summed E-state index contributed by atoms with van der Waals surface area (Å²) < 4.78 is 5.24. The first kappa shape index (κ1) is 9.49. The zero-order valence-corrected chi connectivity index (χ0v) is 8.71. The Hall–Kier alpha value is -1.06. The summed E-state index contributed by atoms with van der Waals surface area (Å²) >= 11 is 0. The minimum absolute atomic E-state index is 0.852. The average Bonchev–Trinajstić information content (AvgIpc) is 2.19. The third-order valence-electron chi connectivity index (χ3n) is 2.80. The summed E-state index contributed by atoms with van der Waals surface area (Å²) in [6.45, 7) is 3.89. The van der Waals surface area contributed by atoms with Crippen molar-refractivity contribution >= 4 is 0 Å². The van der Waals surface area contributed by atoms with Crippen LogP contribution >= 0.6 is 0 Å². The van der Waals surface area contributed by atoms with Gasteiger partial charge in [0.05, 0.1) is 7.11 Å². The van der Waals surface area contributed by atoms with Crippen molar-refractivity contribution in [2.24, 2.45) is 5.84 Å². The number of aryl methyl sites for hydroxylation is 1. The molecule has 1 aliphatic rings. The Morgan fingerprint density at radius 1 is 1.43 bits per heavy atom. The molecule has 0 aliphatic carbocycles. The third kappa shape index (κ3) is 1.61. The van der Waals surface area contributed by atoms with Crippen LogP contribution in [0.25, 0.3) is 0 Å². The highest BCUT2D eigenvalue weighted by molar-refractivity contribution is 5.42. The number of fused-ring (bicyclic) bond motifs is 1. The smallest absolute Gasteiger partial charge is 0.119 e. The molecule has 2 rings (SSSR count). The Morgan fingerprint density at radius 3 is 2.93 bits per heavy atom. The molecular formula is C11H16N2O. The van der Waals surface area contributed by atoms with E-state index in [1.807, 2.05) is 5.01 Å². The zero-order valence-electron chi connectivity index (χ0n) is 8.71. The Morgan fingerprint density at radius 2 is 2.21 bits per heavy atom. The van der Waals surface area contributed by atoms with Crippen molar-refractivity contribution in [3.05, 3.63) is 28.8 Å². The van der Waals surface area contributed by atoms with Gasteiger partial charge in [0.1, 0.15) is 5.75 Å². The van der Waals surface area contributed by atoms with Crippen LogP contribution in [0, 0.1) is 6.92 Å². The lowest BCUT2D eigenvalue weighted by molar-refractivity contribution is 0.261. The minimum Gasteiger partial charge on any atom is -0.497 e. The van der Waals surface area contributed by atoms with Crippen LogP contribution in [0.15, 0.2) is 12.1 Å². The normalized spacial score (nSPS) is 16.5. The second kappa shape index (κ2) is 3.59. The number of nitrogens with zero attached hydrogens (tertiary/aromatic N) is 1. The highest BCUT2D eigenvalue weighted by Crippen LogP contribution is 2.26. The lowest BCUT2D eigenvalue weighted by Gasteiger charge is -2.26. The summed E-state index contributed by atoms with van der Waals surface area (Å²) in [4.78, 5) is 0. The first-order chi connectivity index (χ1) is 6.70. The summed E-state index contributed by atoms with van der Waals surface area (Å²) in [6.07, 6.45) is 1.02. The van der Waals surface area contributed by atoms with Crippen LogP contribution in [0.1, 0.15) is 16.7 Å². The van der Waals surface area contributed by atoms with Crippen LogP contribution in [-0.4, -0.2) is 18.7 Å². The van der Waals surface area contributed by atoms with E-state index >= 15 is 0 Å². The van der Waals surface area contributed by atoms with Gasteiger partial charge in [-0.25, -0.2) is 5.01 Å². The van der Waals surface area contributed by atoms with Crippen LogP contribution in [0.5, 0.6) is 5.75 Å². The van der Waals surface area contributed by atoms with Crippen LogP contribution in [-0.2, 0) is 13.0 Å². The molecule has 76 valence electrons. The molecule has 0 radical (unpaired) electrons. The van der Waals surface area contributed by atoms with Crippen molar-refractivity contribution in [3.8, 4) is 5.75 Å². The van der Waals surface area contributed by atoms with Gasteiger partial charge in [-0.1, -0.05) is 0 Å². The number of hydrazine groups is 1. The van der Waals surface area contributed by atoms with E-state index < -0.39 is 0 Å².